The third-order valence-electron chi connectivity index (χ3n) is 3.81. The van der Waals surface area contributed by atoms with Crippen molar-refractivity contribution in [3.05, 3.63) is 84.7 Å². The number of aromatic hydroxyl groups is 3. The van der Waals surface area contributed by atoms with Crippen molar-refractivity contribution in [1.82, 2.24) is 0 Å². The van der Waals surface area contributed by atoms with E-state index in [0.29, 0.717) is 12.1 Å². The highest BCUT2D eigenvalue weighted by Crippen LogP contribution is 2.39. The number of hydrogen-bond donors (Lipinski definition) is 3. The summed E-state index contributed by atoms with van der Waals surface area (Å²) >= 11 is 8.26. The Kier molecular flexibility index (Phi) is 11.0. The van der Waals surface area contributed by atoms with Crippen LogP contribution in [0.5, 0.6) is 17.2 Å². The van der Waals surface area contributed by atoms with Crippen LogP contribution >= 0.6 is 47.8 Å². The summed E-state index contributed by atoms with van der Waals surface area (Å²) in [6, 6.07) is 8.93. The van der Waals surface area contributed by atoms with Crippen molar-refractivity contribution in [3.63, 3.8) is 0 Å². The van der Waals surface area contributed by atoms with Crippen LogP contribution < -0.4 is 0 Å². The minimum atomic E-state index is -4.43. The van der Waals surface area contributed by atoms with E-state index in [2.05, 4.69) is 47.8 Å². The number of benzene rings is 3. The largest absolute Gasteiger partial charge is 0.508 e. The van der Waals surface area contributed by atoms with E-state index in [1.807, 2.05) is 0 Å². The Morgan fingerprint density at radius 2 is 1.06 bits per heavy atom. The third-order valence-corrected chi connectivity index (χ3v) is 6.01. The van der Waals surface area contributed by atoms with E-state index >= 15 is 0 Å². The quantitative estimate of drug-likeness (QED) is 0.203. The first kappa shape index (κ1) is 31.9. The molecule has 0 saturated carbocycles. The van der Waals surface area contributed by atoms with Crippen molar-refractivity contribution in [2.75, 3.05) is 0 Å². The van der Waals surface area contributed by atoms with Gasteiger partial charge in [0.25, 0.3) is 0 Å². The van der Waals surface area contributed by atoms with E-state index < -0.39 is 52.5 Å². The highest BCUT2D eigenvalue weighted by molar-refractivity contribution is 9.11. The highest BCUT2D eigenvalue weighted by Gasteiger charge is 2.34. The summed E-state index contributed by atoms with van der Waals surface area (Å²) in [5.41, 5.74) is -2.60. The van der Waals surface area contributed by atoms with Gasteiger partial charge in [0.15, 0.2) is 0 Å². The molecule has 0 fully saturated rings. The zero-order valence-electron chi connectivity index (χ0n) is 17.1. The molecule has 0 saturated heterocycles. The van der Waals surface area contributed by atoms with Gasteiger partial charge in [-0.3, -0.25) is 0 Å². The van der Waals surface area contributed by atoms with Crippen molar-refractivity contribution in [2.45, 2.75) is 18.5 Å². The summed E-state index contributed by atoms with van der Waals surface area (Å²) in [6.07, 6.45) is -13.3. The number of hydrogen-bond acceptors (Lipinski definition) is 3. The second-order valence-electron chi connectivity index (χ2n) is 6.46. The monoisotopic (exact) mass is 720 g/mol. The van der Waals surface area contributed by atoms with E-state index in [-0.39, 0.29) is 13.4 Å². The highest BCUT2D eigenvalue weighted by atomic mass is 79.9. The summed E-state index contributed by atoms with van der Waals surface area (Å²) in [4.78, 5) is 0. The molecule has 3 aromatic rings. The minimum Gasteiger partial charge on any atom is -0.508 e. The van der Waals surface area contributed by atoms with Gasteiger partial charge < -0.3 is 15.3 Å². The first-order chi connectivity index (χ1) is 16.2. The Labute approximate surface area is 222 Å². The molecule has 0 unspecified atom stereocenters. The number of phenols is 3. The zero-order valence-corrected chi connectivity index (χ0v) is 21.8. The fraction of sp³-hybridized carbons (Fsp3) is 0.143. The van der Waals surface area contributed by atoms with Gasteiger partial charge in [-0.2, -0.15) is 39.5 Å². The van der Waals surface area contributed by atoms with Gasteiger partial charge >= 0.3 is 18.5 Å². The second-order valence-corrected chi connectivity index (χ2v) is 8.96. The summed E-state index contributed by atoms with van der Waals surface area (Å²) in [6.45, 7) is 0. The predicted octanol–water partition coefficient (Wildman–Crippen LogP) is 9.52. The number of phenolic OH excluding ortho intramolecular Hbond substituents is 3. The summed E-state index contributed by atoms with van der Waals surface area (Å²) in [5.74, 6) is -1.22. The summed E-state index contributed by atoms with van der Waals surface area (Å²) in [5, 5.41) is 26.6. The van der Waals surface area contributed by atoms with Crippen LogP contribution in [-0.4, -0.2) is 15.3 Å². The molecule has 36 heavy (non-hydrogen) atoms. The van der Waals surface area contributed by atoms with Crippen LogP contribution in [0.4, 0.5) is 39.5 Å². The summed E-state index contributed by atoms with van der Waals surface area (Å²) < 4.78 is 108. The molecule has 15 heteroatoms. The van der Waals surface area contributed by atoms with E-state index in [9.17, 15) is 39.5 Å². The van der Waals surface area contributed by atoms with E-state index in [4.69, 9.17) is 15.3 Å². The molecule has 3 nitrogen and oxygen atoms in total. The Balaban J connectivity index is 0.000000270. The average Bonchev–Trinajstić information content (AvgIpc) is 2.72. The molecule has 0 heterocycles. The van der Waals surface area contributed by atoms with Crippen molar-refractivity contribution in [3.8, 4) is 17.2 Å². The topological polar surface area (TPSA) is 60.7 Å². The molecule has 0 aliphatic heterocycles. The average molecular weight is 723 g/mol. The van der Waals surface area contributed by atoms with Gasteiger partial charge in [0.05, 0.1) is 25.6 Å². The molecular weight excluding hydrogens is 711 g/mol. The molecule has 3 aromatic carbocycles. The molecule has 198 valence electrons. The molecule has 0 spiro atoms. The predicted molar refractivity (Wildman–Crippen MR) is 122 cm³/mol. The molecule has 0 amide bonds. The van der Waals surface area contributed by atoms with Crippen LogP contribution in [0.2, 0.25) is 0 Å². The molecule has 3 N–H and O–H groups in total. The first-order valence-corrected chi connectivity index (χ1v) is 11.3. The fourth-order valence-corrected chi connectivity index (χ4v) is 3.37. The standard InChI is InChI=1S/3C7H4BrF3O/c8-6-2-1-4(12)3-5(6)7(9,10)11;8-5-2-1-4(3-6(5)12)7(9,10)11;8-6-4(7(9,10)11)2-1-3-5(6)12/h3*1-3,12H. The van der Waals surface area contributed by atoms with Crippen molar-refractivity contribution in [2.24, 2.45) is 0 Å². The van der Waals surface area contributed by atoms with Crippen LogP contribution in [-0.2, 0) is 18.5 Å². The normalized spacial score (nSPS) is 11.7. The van der Waals surface area contributed by atoms with Gasteiger partial charge in [-0.05, 0) is 80.4 Å². The SMILES string of the molecule is Oc1cc(C(F)(F)F)ccc1Br.Oc1ccc(Br)c(C(F)(F)F)c1.Oc1cccc(C(F)(F)F)c1Br. The lowest BCUT2D eigenvalue weighted by atomic mass is 10.2. The van der Waals surface area contributed by atoms with Gasteiger partial charge in [0.2, 0.25) is 0 Å². The third kappa shape index (κ3) is 9.73. The lowest BCUT2D eigenvalue weighted by Gasteiger charge is -2.08. The van der Waals surface area contributed by atoms with Crippen molar-refractivity contribution in [1.29, 1.82) is 0 Å². The Bertz CT molecular complexity index is 1170. The molecule has 0 atom stereocenters. The molecule has 0 radical (unpaired) electrons. The van der Waals surface area contributed by atoms with Crippen LogP contribution in [0.15, 0.2) is 68.0 Å². The summed E-state index contributed by atoms with van der Waals surface area (Å²) in [7, 11) is 0. The van der Waals surface area contributed by atoms with Crippen LogP contribution in [0.25, 0.3) is 0 Å². The maximum atomic E-state index is 12.1. The number of alkyl halides is 9. The lowest BCUT2D eigenvalue weighted by Crippen LogP contribution is -2.05. The maximum Gasteiger partial charge on any atom is 0.417 e. The van der Waals surface area contributed by atoms with E-state index in [1.165, 1.54) is 12.1 Å². The molecular formula is C21H12Br3F9O3. The molecule has 3 rings (SSSR count). The molecule has 0 aliphatic rings. The van der Waals surface area contributed by atoms with E-state index in [1.54, 1.807) is 0 Å². The number of rotatable bonds is 0. The maximum absolute atomic E-state index is 12.1. The van der Waals surface area contributed by atoms with Gasteiger partial charge in [-0.25, -0.2) is 0 Å². The van der Waals surface area contributed by atoms with Gasteiger partial charge in [-0.1, -0.05) is 22.0 Å². The molecule has 0 aliphatic carbocycles. The minimum absolute atomic E-state index is 0.0761. The molecule has 0 bridgehead atoms. The lowest BCUT2D eigenvalue weighted by molar-refractivity contribution is -0.139. The second kappa shape index (κ2) is 12.4. The van der Waals surface area contributed by atoms with Crippen molar-refractivity contribution < 1.29 is 54.8 Å². The van der Waals surface area contributed by atoms with Gasteiger partial charge in [0.1, 0.15) is 17.2 Å². The van der Waals surface area contributed by atoms with Crippen LogP contribution in [0.1, 0.15) is 16.7 Å². The first-order valence-electron chi connectivity index (χ1n) is 8.91. The molecule has 0 aromatic heterocycles. The Hall–Kier alpha value is -2.13. The van der Waals surface area contributed by atoms with Crippen LogP contribution in [0.3, 0.4) is 0 Å². The van der Waals surface area contributed by atoms with E-state index in [0.717, 1.165) is 30.3 Å². The fourth-order valence-electron chi connectivity index (χ4n) is 2.16. The Morgan fingerprint density at radius 3 is 1.47 bits per heavy atom. The number of halogens is 12. The zero-order chi connectivity index (χ0) is 28.1. The van der Waals surface area contributed by atoms with Crippen molar-refractivity contribution >= 4 is 47.8 Å². The van der Waals surface area contributed by atoms with Gasteiger partial charge in [-0.15, -0.1) is 0 Å². The smallest absolute Gasteiger partial charge is 0.417 e. The van der Waals surface area contributed by atoms with Crippen LogP contribution in [0, 0.1) is 0 Å². The Morgan fingerprint density at radius 1 is 0.528 bits per heavy atom. The van der Waals surface area contributed by atoms with Gasteiger partial charge in [0, 0.05) is 4.47 Å².